The summed E-state index contributed by atoms with van der Waals surface area (Å²) in [5.74, 6) is 0.804. The van der Waals surface area contributed by atoms with Crippen LogP contribution in [0.2, 0.25) is 0 Å². The Morgan fingerprint density at radius 2 is 1.65 bits per heavy atom. The molecule has 0 aliphatic carbocycles. The molecule has 0 atom stereocenters. The molecule has 0 aliphatic rings. The van der Waals surface area contributed by atoms with Crippen LogP contribution in [0.25, 0.3) is 22.8 Å². The van der Waals surface area contributed by atoms with Gasteiger partial charge in [-0.1, -0.05) is 36.4 Å². The van der Waals surface area contributed by atoms with Crippen molar-refractivity contribution < 1.29 is 13.2 Å². The fraction of sp³-hybridized carbons (Fsp3) is 0.0455. The van der Waals surface area contributed by atoms with Gasteiger partial charge in [0.25, 0.3) is 5.91 Å². The van der Waals surface area contributed by atoms with Crippen LogP contribution < -0.4 is 10.0 Å². The molecule has 4 aromatic rings. The Bertz CT molecular complexity index is 1320. The van der Waals surface area contributed by atoms with E-state index in [0.717, 1.165) is 11.1 Å². The lowest BCUT2D eigenvalue weighted by atomic mass is 10.1. The molecule has 1 heterocycles. The summed E-state index contributed by atoms with van der Waals surface area (Å²) in [6.07, 6.45) is 0. The molecule has 9 heteroatoms. The SMILES string of the molecule is CNS(=O)(=O)c1cccc(C(=O)Nc2ccc(-c3nc(-c4ccccc4)n[nH]3)cc2)c1. The number of rotatable bonds is 6. The predicted molar refractivity (Wildman–Crippen MR) is 118 cm³/mol. The highest BCUT2D eigenvalue weighted by atomic mass is 32.2. The van der Waals surface area contributed by atoms with Gasteiger partial charge in [0.2, 0.25) is 10.0 Å². The molecule has 0 saturated carbocycles. The third-order valence-corrected chi connectivity index (χ3v) is 6.02. The van der Waals surface area contributed by atoms with Gasteiger partial charge in [0.1, 0.15) is 0 Å². The molecule has 8 nitrogen and oxygen atoms in total. The largest absolute Gasteiger partial charge is 0.322 e. The number of hydrogen-bond donors (Lipinski definition) is 3. The summed E-state index contributed by atoms with van der Waals surface area (Å²) in [7, 11) is -2.31. The number of hydrogen-bond acceptors (Lipinski definition) is 5. The van der Waals surface area contributed by atoms with Gasteiger partial charge < -0.3 is 5.32 Å². The zero-order valence-electron chi connectivity index (χ0n) is 16.5. The average molecular weight is 433 g/mol. The molecule has 0 spiro atoms. The highest BCUT2D eigenvalue weighted by Gasteiger charge is 2.14. The van der Waals surface area contributed by atoms with Crippen LogP contribution in [0.1, 0.15) is 10.4 Å². The quantitative estimate of drug-likeness (QED) is 0.431. The van der Waals surface area contributed by atoms with Crippen molar-refractivity contribution in [2.45, 2.75) is 4.90 Å². The summed E-state index contributed by atoms with van der Waals surface area (Å²) >= 11 is 0. The van der Waals surface area contributed by atoms with Gasteiger partial charge in [-0.15, -0.1) is 0 Å². The molecular formula is C22H19N5O3S. The van der Waals surface area contributed by atoms with E-state index in [1.54, 1.807) is 18.2 Å². The number of amides is 1. The van der Waals surface area contributed by atoms with Gasteiger partial charge in [-0.05, 0) is 49.5 Å². The van der Waals surface area contributed by atoms with Crippen LogP contribution in [0.15, 0.2) is 83.8 Å². The summed E-state index contributed by atoms with van der Waals surface area (Å²) in [6.45, 7) is 0. The monoisotopic (exact) mass is 433 g/mol. The Balaban J connectivity index is 1.49. The van der Waals surface area contributed by atoms with Crippen molar-refractivity contribution >= 4 is 21.6 Å². The molecule has 0 aliphatic heterocycles. The van der Waals surface area contributed by atoms with Crippen LogP contribution in [0.4, 0.5) is 5.69 Å². The first-order valence-electron chi connectivity index (χ1n) is 9.39. The Labute approximate surface area is 179 Å². The van der Waals surface area contributed by atoms with Crippen molar-refractivity contribution in [2.75, 3.05) is 12.4 Å². The van der Waals surface area contributed by atoms with Crippen LogP contribution in [0, 0.1) is 0 Å². The topological polar surface area (TPSA) is 117 Å². The number of H-pyrrole nitrogens is 1. The average Bonchev–Trinajstić information content (AvgIpc) is 3.30. The number of carbonyl (C=O) groups excluding carboxylic acids is 1. The van der Waals surface area contributed by atoms with Crippen molar-refractivity contribution in [3.05, 3.63) is 84.4 Å². The van der Waals surface area contributed by atoms with E-state index >= 15 is 0 Å². The normalized spacial score (nSPS) is 11.3. The van der Waals surface area contributed by atoms with E-state index in [2.05, 4.69) is 25.2 Å². The van der Waals surface area contributed by atoms with Crippen LogP contribution in [0.3, 0.4) is 0 Å². The minimum Gasteiger partial charge on any atom is -0.322 e. The molecule has 31 heavy (non-hydrogen) atoms. The molecule has 156 valence electrons. The van der Waals surface area contributed by atoms with Crippen LogP contribution >= 0.6 is 0 Å². The number of carbonyl (C=O) groups is 1. The first-order valence-corrected chi connectivity index (χ1v) is 10.9. The molecule has 4 rings (SSSR count). The van der Waals surface area contributed by atoms with Crippen molar-refractivity contribution in [1.82, 2.24) is 19.9 Å². The lowest BCUT2D eigenvalue weighted by molar-refractivity contribution is 0.102. The molecule has 0 unspecified atom stereocenters. The minimum absolute atomic E-state index is 0.0255. The van der Waals surface area contributed by atoms with E-state index in [4.69, 9.17) is 0 Å². The molecule has 1 amide bonds. The van der Waals surface area contributed by atoms with E-state index in [9.17, 15) is 13.2 Å². The molecule has 0 fully saturated rings. The second-order valence-electron chi connectivity index (χ2n) is 6.64. The third-order valence-electron chi connectivity index (χ3n) is 4.61. The number of nitrogens with one attached hydrogen (secondary N) is 3. The van der Waals surface area contributed by atoms with Gasteiger partial charge in [-0.3, -0.25) is 9.89 Å². The van der Waals surface area contributed by atoms with Gasteiger partial charge in [-0.2, -0.15) is 5.10 Å². The maximum Gasteiger partial charge on any atom is 0.255 e. The van der Waals surface area contributed by atoms with E-state index in [0.29, 0.717) is 17.3 Å². The number of sulfonamides is 1. The van der Waals surface area contributed by atoms with Crippen LogP contribution in [-0.4, -0.2) is 36.6 Å². The van der Waals surface area contributed by atoms with Crippen LogP contribution in [-0.2, 0) is 10.0 Å². The molecule has 3 aromatic carbocycles. The van der Waals surface area contributed by atoms with E-state index in [-0.39, 0.29) is 10.5 Å². The fourth-order valence-corrected chi connectivity index (χ4v) is 3.72. The van der Waals surface area contributed by atoms with Crippen molar-refractivity contribution in [3.8, 4) is 22.8 Å². The number of nitrogens with zero attached hydrogens (tertiary/aromatic N) is 2. The lowest BCUT2D eigenvalue weighted by Gasteiger charge is -2.08. The number of aromatic nitrogens is 3. The summed E-state index contributed by atoms with van der Waals surface area (Å²) in [4.78, 5) is 17.1. The number of benzene rings is 3. The smallest absolute Gasteiger partial charge is 0.255 e. The molecule has 1 aromatic heterocycles. The van der Waals surface area contributed by atoms with Gasteiger partial charge in [0.15, 0.2) is 11.6 Å². The molecule has 0 bridgehead atoms. The van der Waals surface area contributed by atoms with Crippen molar-refractivity contribution in [1.29, 1.82) is 0 Å². The Morgan fingerprint density at radius 3 is 2.35 bits per heavy atom. The zero-order chi connectivity index (χ0) is 21.8. The highest BCUT2D eigenvalue weighted by Crippen LogP contribution is 2.22. The van der Waals surface area contributed by atoms with Crippen molar-refractivity contribution in [3.63, 3.8) is 0 Å². The number of anilines is 1. The first kappa shape index (κ1) is 20.5. The summed E-state index contributed by atoms with van der Waals surface area (Å²) < 4.78 is 26.1. The Hall–Kier alpha value is -3.82. The van der Waals surface area contributed by atoms with Gasteiger partial charge in [0.05, 0.1) is 4.90 Å². The van der Waals surface area contributed by atoms with E-state index in [1.165, 1.54) is 25.2 Å². The molecule has 0 saturated heterocycles. The zero-order valence-corrected chi connectivity index (χ0v) is 17.3. The van der Waals surface area contributed by atoms with Crippen LogP contribution in [0.5, 0.6) is 0 Å². The Morgan fingerprint density at radius 1 is 0.903 bits per heavy atom. The fourth-order valence-electron chi connectivity index (χ4n) is 2.94. The molecular weight excluding hydrogens is 414 g/mol. The third kappa shape index (κ3) is 4.52. The lowest BCUT2D eigenvalue weighted by Crippen LogP contribution is -2.19. The number of aromatic amines is 1. The molecule has 3 N–H and O–H groups in total. The summed E-state index contributed by atoms with van der Waals surface area (Å²) in [5.41, 5.74) is 2.53. The van der Waals surface area contributed by atoms with E-state index in [1.807, 2.05) is 42.5 Å². The summed E-state index contributed by atoms with van der Waals surface area (Å²) in [5, 5.41) is 9.93. The van der Waals surface area contributed by atoms with Gasteiger partial charge in [0, 0.05) is 22.4 Å². The standard InChI is InChI=1S/C22H19N5O3S/c1-23-31(29,30)19-9-5-8-17(14-19)22(28)24-18-12-10-16(11-13-18)21-25-20(26-27-21)15-6-3-2-4-7-15/h2-14,23H,1H3,(H,24,28)(H,25,26,27). The maximum absolute atomic E-state index is 12.5. The molecule has 0 radical (unpaired) electrons. The second kappa shape index (κ2) is 8.50. The first-order chi connectivity index (χ1) is 15.0. The second-order valence-corrected chi connectivity index (χ2v) is 8.53. The highest BCUT2D eigenvalue weighted by molar-refractivity contribution is 7.89. The minimum atomic E-state index is -3.63. The maximum atomic E-state index is 12.5. The van der Waals surface area contributed by atoms with Gasteiger partial charge >= 0.3 is 0 Å². The Kier molecular flexibility index (Phi) is 5.61. The summed E-state index contributed by atoms with van der Waals surface area (Å²) in [6, 6.07) is 22.6. The van der Waals surface area contributed by atoms with Gasteiger partial charge in [-0.25, -0.2) is 18.1 Å². The van der Waals surface area contributed by atoms with Crippen molar-refractivity contribution in [2.24, 2.45) is 0 Å². The predicted octanol–water partition coefficient (Wildman–Crippen LogP) is 3.30. The van der Waals surface area contributed by atoms with E-state index < -0.39 is 15.9 Å².